The Balaban J connectivity index is 1.98. The number of rotatable bonds is 3. The molecule has 0 saturated carbocycles. The van der Waals surface area contributed by atoms with Gasteiger partial charge in [-0.05, 0) is 51.2 Å². The number of likely N-dealkylation sites (tertiary alicyclic amines) is 1. The SMILES string of the molecule is CN1CCC(NC(=O)c2cccc(N(C)C)c2)CC1. The van der Waals surface area contributed by atoms with E-state index in [2.05, 4.69) is 17.3 Å². The van der Waals surface area contributed by atoms with Crippen LogP contribution in [0.2, 0.25) is 0 Å². The van der Waals surface area contributed by atoms with Crippen LogP contribution in [0.5, 0.6) is 0 Å². The predicted molar refractivity (Wildman–Crippen MR) is 78.8 cm³/mol. The van der Waals surface area contributed by atoms with Crippen LogP contribution in [0.25, 0.3) is 0 Å². The second-order valence-electron chi connectivity index (χ2n) is 5.50. The van der Waals surface area contributed by atoms with Gasteiger partial charge >= 0.3 is 0 Å². The minimum Gasteiger partial charge on any atom is -0.378 e. The van der Waals surface area contributed by atoms with Gasteiger partial charge in [0.25, 0.3) is 5.91 Å². The highest BCUT2D eigenvalue weighted by Crippen LogP contribution is 2.14. The summed E-state index contributed by atoms with van der Waals surface area (Å²) in [5, 5.41) is 3.14. The molecule has 0 spiro atoms. The van der Waals surface area contributed by atoms with Crippen molar-refractivity contribution in [2.75, 3.05) is 39.1 Å². The number of hydrogen-bond donors (Lipinski definition) is 1. The van der Waals surface area contributed by atoms with Crippen molar-refractivity contribution >= 4 is 11.6 Å². The fourth-order valence-corrected chi connectivity index (χ4v) is 2.35. The van der Waals surface area contributed by atoms with Gasteiger partial charge in [0.1, 0.15) is 0 Å². The van der Waals surface area contributed by atoms with Crippen molar-refractivity contribution in [1.29, 1.82) is 0 Å². The molecule has 2 rings (SSSR count). The summed E-state index contributed by atoms with van der Waals surface area (Å²) in [5.74, 6) is 0.0400. The van der Waals surface area contributed by atoms with Gasteiger partial charge in [0.2, 0.25) is 0 Å². The second-order valence-corrected chi connectivity index (χ2v) is 5.50. The molecule has 0 atom stereocenters. The lowest BCUT2D eigenvalue weighted by atomic mass is 10.0. The van der Waals surface area contributed by atoms with Gasteiger partial charge in [-0.2, -0.15) is 0 Å². The van der Waals surface area contributed by atoms with Crippen molar-refractivity contribution in [2.24, 2.45) is 0 Å². The Kier molecular flexibility index (Phi) is 4.43. The third-order valence-electron chi connectivity index (χ3n) is 3.68. The number of nitrogens with one attached hydrogen (secondary N) is 1. The molecule has 4 heteroatoms. The predicted octanol–water partition coefficient (Wildman–Crippen LogP) is 1.58. The first-order chi connectivity index (χ1) is 9.06. The summed E-state index contributed by atoms with van der Waals surface area (Å²) >= 11 is 0. The third kappa shape index (κ3) is 3.70. The Labute approximate surface area is 115 Å². The van der Waals surface area contributed by atoms with Gasteiger partial charge in [-0.15, -0.1) is 0 Å². The van der Waals surface area contributed by atoms with Crippen LogP contribution in [-0.2, 0) is 0 Å². The summed E-state index contributed by atoms with van der Waals surface area (Å²) in [5.41, 5.74) is 1.79. The lowest BCUT2D eigenvalue weighted by molar-refractivity contribution is 0.0917. The minimum absolute atomic E-state index is 0.0400. The molecular formula is C15H23N3O. The first-order valence-electron chi connectivity index (χ1n) is 6.83. The molecule has 0 aliphatic carbocycles. The molecule has 0 unspecified atom stereocenters. The van der Waals surface area contributed by atoms with Crippen molar-refractivity contribution in [3.05, 3.63) is 29.8 Å². The number of carbonyl (C=O) groups excluding carboxylic acids is 1. The summed E-state index contributed by atoms with van der Waals surface area (Å²) in [6.45, 7) is 2.12. The van der Waals surface area contributed by atoms with Crippen LogP contribution in [0.3, 0.4) is 0 Å². The normalized spacial score (nSPS) is 17.2. The van der Waals surface area contributed by atoms with E-state index in [0.29, 0.717) is 6.04 Å². The Bertz CT molecular complexity index is 437. The van der Waals surface area contributed by atoms with Gasteiger partial charge in [-0.25, -0.2) is 0 Å². The first-order valence-corrected chi connectivity index (χ1v) is 6.83. The molecule has 1 saturated heterocycles. The number of benzene rings is 1. The molecule has 1 heterocycles. The lowest BCUT2D eigenvalue weighted by Gasteiger charge is -2.29. The Hall–Kier alpha value is -1.55. The van der Waals surface area contributed by atoms with E-state index in [1.54, 1.807) is 0 Å². The van der Waals surface area contributed by atoms with E-state index in [9.17, 15) is 4.79 Å². The number of hydrogen-bond acceptors (Lipinski definition) is 3. The highest BCUT2D eigenvalue weighted by Gasteiger charge is 2.19. The zero-order chi connectivity index (χ0) is 13.8. The van der Waals surface area contributed by atoms with Crippen LogP contribution in [0, 0.1) is 0 Å². The molecule has 1 amide bonds. The molecule has 1 aromatic carbocycles. The average molecular weight is 261 g/mol. The summed E-state index contributed by atoms with van der Waals surface area (Å²) in [6.07, 6.45) is 2.07. The molecule has 104 valence electrons. The van der Waals surface area contributed by atoms with Crippen molar-refractivity contribution < 1.29 is 4.79 Å². The van der Waals surface area contributed by atoms with Crippen LogP contribution >= 0.6 is 0 Å². The molecule has 0 aromatic heterocycles. The van der Waals surface area contributed by atoms with Crippen LogP contribution < -0.4 is 10.2 Å². The molecule has 19 heavy (non-hydrogen) atoms. The third-order valence-corrected chi connectivity index (χ3v) is 3.68. The Morgan fingerprint density at radius 1 is 1.32 bits per heavy atom. The van der Waals surface area contributed by atoms with E-state index in [1.165, 1.54) is 0 Å². The van der Waals surface area contributed by atoms with Crippen LogP contribution in [0.4, 0.5) is 5.69 Å². The molecule has 1 fully saturated rings. The smallest absolute Gasteiger partial charge is 0.251 e. The van der Waals surface area contributed by atoms with Gasteiger partial charge in [-0.3, -0.25) is 4.79 Å². The number of nitrogens with zero attached hydrogens (tertiary/aromatic N) is 2. The van der Waals surface area contributed by atoms with E-state index in [-0.39, 0.29) is 5.91 Å². The van der Waals surface area contributed by atoms with Gasteiger partial charge < -0.3 is 15.1 Å². The Morgan fingerprint density at radius 3 is 2.63 bits per heavy atom. The van der Waals surface area contributed by atoms with Crippen LogP contribution in [0.15, 0.2) is 24.3 Å². The monoisotopic (exact) mass is 261 g/mol. The highest BCUT2D eigenvalue weighted by molar-refractivity contribution is 5.95. The number of anilines is 1. The number of amides is 1. The summed E-state index contributed by atoms with van der Waals surface area (Å²) in [4.78, 5) is 16.5. The molecule has 1 aliphatic rings. The van der Waals surface area contributed by atoms with Crippen molar-refractivity contribution in [3.63, 3.8) is 0 Å². The zero-order valence-electron chi connectivity index (χ0n) is 12.0. The molecule has 1 aromatic rings. The molecular weight excluding hydrogens is 238 g/mol. The topological polar surface area (TPSA) is 35.6 Å². The van der Waals surface area contributed by atoms with Crippen LogP contribution in [0.1, 0.15) is 23.2 Å². The van der Waals surface area contributed by atoms with Crippen molar-refractivity contribution in [3.8, 4) is 0 Å². The molecule has 0 radical (unpaired) electrons. The maximum absolute atomic E-state index is 12.2. The van der Waals surface area contributed by atoms with E-state index < -0.39 is 0 Å². The average Bonchev–Trinajstić information content (AvgIpc) is 2.41. The van der Waals surface area contributed by atoms with Crippen molar-refractivity contribution in [1.82, 2.24) is 10.2 Å². The highest BCUT2D eigenvalue weighted by atomic mass is 16.1. The van der Waals surface area contributed by atoms with E-state index in [0.717, 1.165) is 37.2 Å². The second kappa shape index (κ2) is 6.06. The number of carbonyl (C=O) groups is 1. The van der Waals surface area contributed by atoms with E-state index in [1.807, 2.05) is 43.3 Å². The van der Waals surface area contributed by atoms with Crippen molar-refractivity contribution in [2.45, 2.75) is 18.9 Å². The fourth-order valence-electron chi connectivity index (χ4n) is 2.35. The summed E-state index contributed by atoms with van der Waals surface area (Å²) in [6, 6.07) is 8.05. The van der Waals surface area contributed by atoms with E-state index >= 15 is 0 Å². The maximum atomic E-state index is 12.2. The minimum atomic E-state index is 0.0400. The quantitative estimate of drug-likeness (QED) is 0.897. The van der Waals surface area contributed by atoms with Gasteiger partial charge in [0.05, 0.1) is 0 Å². The van der Waals surface area contributed by atoms with Gasteiger partial charge in [-0.1, -0.05) is 6.07 Å². The molecule has 0 bridgehead atoms. The van der Waals surface area contributed by atoms with Gasteiger partial charge in [0.15, 0.2) is 0 Å². The standard InChI is InChI=1S/C15H23N3O/c1-17(2)14-6-4-5-12(11-14)15(19)16-13-7-9-18(3)10-8-13/h4-6,11,13H,7-10H2,1-3H3,(H,16,19). The zero-order valence-corrected chi connectivity index (χ0v) is 12.0. The summed E-state index contributed by atoms with van der Waals surface area (Å²) in [7, 11) is 6.08. The number of piperidine rings is 1. The van der Waals surface area contributed by atoms with Crippen LogP contribution in [-0.4, -0.2) is 51.1 Å². The molecule has 4 nitrogen and oxygen atoms in total. The molecule has 1 N–H and O–H groups in total. The molecule has 1 aliphatic heterocycles. The summed E-state index contributed by atoms with van der Waals surface area (Å²) < 4.78 is 0. The van der Waals surface area contributed by atoms with Gasteiger partial charge in [0, 0.05) is 31.4 Å². The lowest BCUT2D eigenvalue weighted by Crippen LogP contribution is -2.43. The van der Waals surface area contributed by atoms with E-state index in [4.69, 9.17) is 0 Å². The first kappa shape index (κ1) is 13.9. The maximum Gasteiger partial charge on any atom is 0.251 e. The fraction of sp³-hybridized carbons (Fsp3) is 0.533. The largest absolute Gasteiger partial charge is 0.378 e. The Morgan fingerprint density at radius 2 is 2.00 bits per heavy atom.